The van der Waals surface area contributed by atoms with Gasteiger partial charge in [-0.3, -0.25) is 43.2 Å². The lowest BCUT2D eigenvalue weighted by Crippen LogP contribution is -2.61. The van der Waals surface area contributed by atoms with Gasteiger partial charge in [0.05, 0.1) is 6.61 Å². The number of carbonyl (C=O) groups excluding carboxylic acids is 8. The molecule has 5 rings (SSSR count). The summed E-state index contributed by atoms with van der Waals surface area (Å²) < 4.78 is 0. The average molecular weight is 1120 g/mol. The van der Waals surface area contributed by atoms with Crippen LogP contribution in [0.1, 0.15) is 121 Å². The maximum absolute atomic E-state index is 14.8. The Kier molecular flexibility index (Phi) is 26.1. The predicted octanol–water partition coefficient (Wildman–Crippen LogP) is 2.58. The number of aromatic amines is 1. The van der Waals surface area contributed by atoms with E-state index in [4.69, 9.17) is 5.73 Å². The molecule has 3 aromatic carbocycles. The van der Waals surface area contributed by atoms with Gasteiger partial charge in [-0.25, -0.2) is 0 Å². The van der Waals surface area contributed by atoms with Crippen LogP contribution in [-0.4, -0.2) is 135 Å². The first-order valence-electron chi connectivity index (χ1n) is 28.2. The Morgan fingerprint density at radius 2 is 1.06 bits per heavy atom. The van der Waals surface area contributed by atoms with Crippen LogP contribution in [0.25, 0.3) is 10.9 Å². The number of nitrogens with one attached hydrogen (secondary N) is 9. The maximum Gasteiger partial charge on any atom is 0.303 e. The van der Waals surface area contributed by atoms with Crippen molar-refractivity contribution in [3.8, 4) is 5.75 Å². The third-order valence-corrected chi connectivity index (χ3v) is 14.3. The SMILES string of the molecule is CCCCCCCCCCC1CC(=O)N[C@H](CO)C(=O)N[C@@H](CCN)C(=O)N[C@@H](Cc2c[nH]c3ccccc23)C(=O)N[C@H](C(C)C)C(=O)N[C@@H](Cc2ccccc2)C(=O)N[C@H](Cc2ccc(O)cc2)C(=O)N[C@@H](CCC(=O)O)C(=O)N1. The fraction of sp³-hybridized carbons (Fsp3) is 0.508. The van der Waals surface area contributed by atoms with Crippen LogP contribution in [-0.2, 0) is 62.4 Å². The lowest BCUT2D eigenvalue weighted by atomic mass is 9.98. The van der Waals surface area contributed by atoms with E-state index in [1.54, 1.807) is 56.4 Å². The van der Waals surface area contributed by atoms with Gasteiger partial charge < -0.3 is 68.6 Å². The molecule has 0 spiro atoms. The Hall–Kier alpha value is -7.85. The number of amides is 8. The first-order chi connectivity index (χ1) is 38.9. The summed E-state index contributed by atoms with van der Waals surface area (Å²) in [6.45, 7) is 4.43. The van der Waals surface area contributed by atoms with Gasteiger partial charge in [0.15, 0.2) is 0 Å². The summed E-state index contributed by atoms with van der Waals surface area (Å²) >= 11 is 0. The standard InChI is InChI=1S/C59H82N10O12/c1-4-5-6-7-8-9-10-14-19-40-33-50(72)63-49(35-70)58(80)65-45(28-29-60)54(76)67-48(32-39-34-61-43-21-16-15-20-42(39)43)57(79)69-52(36(2)3)59(81)68-47(30-37-17-12-11-13-18-37)56(78)66-46(31-38-22-24-41(71)25-23-38)55(77)64-44(53(75)62-40)26-27-51(73)74/h11-13,15-18,20-25,34,36,40,44-49,52,61,70-71H,4-10,14,19,26-33,35,60H2,1-3H3,(H,62,75)(H,63,72)(H,64,77)(H,65,80)(H,66,78)(H,67,76)(H,68,81)(H,69,79)(H,73,74)/t40?,44-,45-,46+,47-,48-,49+,52+/m0/s1. The predicted molar refractivity (Wildman–Crippen MR) is 304 cm³/mol. The normalized spacial score (nSPS) is 22.4. The monoisotopic (exact) mass is 1120 g/mol. The molecule has 14 N–H and O–H groups in total. The molecule has 1 aliphatic rings. The van der Waals surface area contributed by atoms with Gasteiger partial charge >= 0.3 is 5.97 Å². The number of fused-ring (bicyclic) bond motifs is 1. The molecule has 1 saturated heterocycles. The van der Waals surface area contributed by atoms with E-state index < -0.39 is 133 Å². The number of aromatic nitrogens is 1. The maximum atomic E-state index is 14.8. The first-order valence-corrected chi connectivity index (χ1v) is 28.2. The Morgan fingerprint density at radius 1 is 0.556 bits per heavy atom. The number of aliphatic hydroxyl groups excluding tert-OH is 1. The number of nitrogens with two attached hydrogens (primary N) is 1. The van der Waals surface area contributed by atoms with E-state index in [0.717, 1.165) is 55.8 Å². The molecule has 4 aromatic rings. The van der Waals surface area contributed by atoms with Crippen LogP contribution >= 0.6 is 0 Å². The molecule has 8 amide bonds. The van der Waals surface area contributed by atoms with Gasteiger partial charge in [-0.05, 0) is 66.6 Å². The van der Waals surface area contributed by atoms with Crippen LogP contribution in [0.3, 0.4) is 0 Å². The van der Waals surface area contributed by atoms with Gasteiger partial charge in [0, 0.05) is 55.2 Å². The molecule has 0 aliphatic carbocycles. The molecule has 1 fully saturated rings. The van der Waals surface area contributed by atoms with Crippen LogP contribution in [0, 0.1) is 5.92 Å². The molecule has 8 atom stereocenters. The molecule has 0 radical (unpaired) electrons. The average Bonchev–Trinajstić information content (AvgIpc) is 3.86. The van der Waals surface area contributed by atoms with E-state index in [-0.39, 0.29) is 44.4 Å². The number of rotatable bonds is 22. The Morgan fingerprint density at radius 3 is 1.67 bits per heavy atom. The highest BCUT2D eigenvalue weighted by Crippen LogP contribution is 2.21. The zero-order valence-corrected chi connectivity index (χ0v) is 46.6. The summed E-state index contributed by atoms with van der Waals surface area (Å²) in [4.78, 5) is 131. The number of H-pyrrole nitrogens is 1. The molecule has 22 heteroatoms. The summed E-state index contributed by atoms with van der Waals surface area (Å²) in [6, 6.07) is 10.7. The zero-order chi connectivity index (χ0) is 58.8. The van der Waals surface area contributed by atoms with Gasteiger partial charge in [0.1, 0.15) is 48.0 Å². The Balaban J connectivity index is 1.58. The highest BCUT2D eigenvalue weighted by molar-refractivity contribution is 5.98. The number of carboxylic acids is 1. The molecular weight excluding hydrogens is 1040 g/mol. The second-order valence-corrected chi connectivity index (χ2v) is 21.1. The largest absolute Gasteiger partial charge is 0.508 e. The highest BCUT2D eigenvalue weighted by Gasteiger charge is 2.36. The van der Waals surface area contributed by atoms with Crippen molar-refractivity contribution in [2.24, 2.45) is 11.7 Å². The van der Waals surface area contributed by atoms with E-state index in [2.05, 4.69) is 54.4 Å². The van der Waals surface area contributed by atoms with Crippen molar-refractivity contribution < 1.29 is 58.5 Å². The number of carboxylic acid groups (broad SMARTS) is 1. The van der Waals surface area contributed by atoms with Crippen molar-refractivity contribution in [3.05, 3.63) is 102 Å². The number of aliphatic carboxylic acids is 1. The van der Waals surface area contributed by atoms with Gasteiger partial charge in [0.25, 0.3) is 0 Å². The van der Waals surface area contributed by atoms with E-state index in [1.165, 1.54) is 24.3 Å². The van der Waals surface area contributed by atoms with Gasteiger partial charge in [-0.15, -0.1) is 0 Å². The van der Waals surface area contributed by atoms with Crippen LogP contribution in [0.5, 0.6) is 5.75 Å². The van der Waals surface area contributed by atoms with Crippen molar-refractivity contribution in [1.82, 2.24) is 47.5 Å². The summed E-state index contributed by atoms with van der Waals surface area (Å²) in [5, 5.41) is 52.7. The number of benzene rings is 3. The van der Waals surface area contributed by atoms with Crippen molar-refractivity contribution in [1.29, 1.82) is 0 Å². The first kappa shape index (κ1) is 64.0. The minimum atomic E-state index is -1.61. The quantitative estimate of drug-likeness (QED) is 0.0504. The number of hydrogen-bond donors (Lipinski definition) is 13. The molecule has 440 valence electrons. The smallest absolute Gasteiger partial charge is 0.303 e. The fourth-order valence-electron chi connectivity index (χ4n) is 9.70. The molecule has 1 unspecified atom stereocenters. The highest BCUT2D eigenvalue weighted by atomic mass is 16.4. The van der Waals surface area contributed by atoms with Crippen molar-refractivity contribution in [2.75, 3.05) is 13.2 Å². The molecule has 1 aliphatic heterocycles. The zero-order valence-electron chi connectivity index (χ0n) is 46.6. The lowest BCUT2D eigenvalue weighted by Gasteiger charge is -2.29. The van der Waals surface area contributed by atoms with E-state index >= 15 is 0 Å². The summed E-state index contributed by atoms with van der Waals surface area (Å²) in [7, 11) is 0. The van der Waals surface area contributed by atoms with Crippen LogP contribution < -0.4 is 48.3 Å². The Labute approximate surface area is 472 Å². The third kappa shape index (κ3) is 21.0. The summed E-state index contributed by atoms with van der Waals surface area (Å²) in [6.07, 6.45) is 7.49. The fourth-order valence-corrected chi connectivity index (χ4v) is 9.70. The molecule has 1 aromatic heterocycles. The van der Waals surface area contributed by atoms with E-state index in [0.29, 0.717) is 23.1 Å². The molecule has 2 heterocycles. The number of carbonyl (C=O) groups is 9. The molecule has 81 heavy (non-hydrogen) atoms. The number of para-hydroxylation sites is 1. The van der Waals surface area contributed by atoms with E-state index in [9.17, 15) is 58.5 Å². The number of phenolic OH excluding ortho intramolecular Hbond substituents is 1. The van der Waals surface area contributed by atoms with E-state index in [1.807, 2.05) is 18.2 Å². The van der Waals surface area contributed by atoms with Crippen LogP contribution in [0.15, 0.2) is 85.1 Å². The number of phenols is 1. The Bertz CT molecular complexity index is 2720. The van der Waals surface area contributed by atoms with Crippen molar-refractivity contribution in [2.45, 2.75) is 172 Å². The van der Waals surface area contributed by atoms with Gasteiger partial charge in [-0.1, -0.05) is 133 Å². The number of aliphatic hydroxyl groups is 1. The molecular formula is C59H82N10O12. The summed E-state index contributed by atoms with van der Waals surface area (Å²) in [5.74, 6) is -8.75. The minimum Gasteiger partial charge on any atom is -0.508 e. The van der Waals surface area contributed by atoms with Crippen LogP contribution in [0.2, 0.25) is 0 Å². The summed E-state index contributed by atoms with van der Waals surface area (Å²) in [5.41, 5.74) is 8.39. The minimum absolute atomic E-state index is 0.0767. The topological polar surface area (TPSA) is 352 Å². The number of aromatic hydroxyl groups is 1. The molecule has 0 bridgehead atoms. The van der Waals surface area contributed by atoms with Crippen LogP contribution in [0.4, 0.5) is 0 Å². The van der Waals surface area contributed by atoms with Crippen molar-refractivity contribution >= 4 is 64.1 Å². The third-order valence-electron chi connectivity index (χ3n) is 14.3. The molecule has 0 saturated carbocycles. The number of hydrogen-bond acceptors (Lipinski definition) is 12. The number of unbranched alkanes of at least 4 members (excludes halogenated alkanes) is 7. The van der Waals surface area contributed by atoms with Gasteiger partial charge in [0.2, 0.25) is 47.3 Å². The second-order valence-electron chi connectivity index (χ2n) is 21.1. The molecule has 22 nitrogen and oxygen atoms in total. The second kappa shape index (κ2) is 33.0. The lowest BCUT2D eigenvalue weighted by molar-refractivity contribution is -0.138. The van der Waals surface area contributed by atoms with Gasteiger partial charge in [-0.2, -0.15) is 0 Å². The van der Waals surface area contributed by atoms with Crippen molar-refractivity contribution in [3.63, 3.8) is 0 Å².